The molecule has 1 saturated heterocycles. The maximum Gasteiger partial charge on any atom is 0.412 e. The number of hydrogen-bond donors (Lipinski definition) is 2. The summed E-state index contributed by atoms with van der Waals surface area (Å²) in [6, 6.07) is 4.50. The molecule has 1 aromatic rings. The number of nitrogens with zero attached hydrogens (tertiary/aromatic N) is 1. The van der Waals surface area contributed by atoms with Crippen LogP contribution in [0, 0.1) is 5.82 Å². The first kappa shape index (κ1) is 16.5. The van der Waals surface area contributed by atoms with Gasteiger partial charge in [-0.15, -0.1) is 0 Å². The molecule has 1 aliphatic rings. The molecule has 0 aliphatic carbocycles. The Kier molecular flexibility index (Phi) is 4.90. The number of amides is 1. The molecule has 1 aromatic carbocycles. The van der Waals surface area contributed by atoms with Crippen LogP contribution >= 0.6 is 0 Å². The van der Waals surface area contributed by atoms with E-state index in [0.29, 0.717) is 11.4 Å². The predicted molar refractivity (Wildman–Crippen MR) is 85.8 cm³/mol. The molecule has 0 spiro atoms. The Morgan fingerprint density at radius 3 is 2.68 bits per heavy atom. The van der Waals surface area contributed by atoms with E-state index in [1.807, 2.05) is 7.05 Å². The van der Waals surface area contributed by atoms with Crippen LogP contribution in [0.5, 0.6) is 0 Å². The molecule has 1 unspecified atom stereocenters. The summed E-state index contributed by atoms with van der Waals surface area (Å²) in [5.41, 5.74) is 0.516. The van der Waals surface area contributed by atoms with E-state index in [1.165, 1.54) is 12.1 Å². The molecule has 0 aromatic heterocycles. The van der Waals surface area contributed by atoms with Crippen LogP contribution in [0.1, 0.15) is 27.2 Å². The largest absolute Gasteiger partial charge is 0.444 e. The summed E-state index contributed by atoms with van der Waals surface area (Å²) in [5, 5.41) is 5.97. The predicted octanol–water partition coefficient (Wildman–Crippen LogP) is 3.29. The van der Waals surface area contributed by atoms with E-state index < -0.39 is 11.7 Å². The van der Waals surface area contributed by atoms with E-state index in [2.05, 4.69) is 15.5 Å². The van der Waals surface area contributed by atoms with Crippen molar-refractivity contribution in [3.63, 3.8) is 0 Å². The molecule has 6 heteroatoms. The Morgan fingerprint density at radius 2 is 2.09 bits per heavy atom. The fraction of sp³-hybridized carbons (Fsp3) is 0.562. The fourth-order valence-electron chi connectivity index (χ4n) is 2.43. The molecule has 2 N–H and O–H groups in total. The number of anilines is 2. The van der Waals surface area contributed by atoms with Crippen molar-refractivity contribution in [3.05, 3.63) is 24.0 Å². The number of hydrogen-bond acceptors (Lipinski definition) is 4. The van der Waals surface area contributed by atoms with Crippen molar-refractivity contribution in [2.75, 3.05) is 30.8 Å². The molecule has 0 saturated carbocycles. The van der Waals surface area contributed by atoms with E-state index in [9.17, 15) is 9.18 Å². The zero-order chi connectivity index (χ0) is 16.3. The van der Waals surface area contributed by atoms with Gasteiger partial charge >= 0.3 is 6.09 Å². The maximum atomic E-state index is 13.5. The van der Waals surface area contributed by atoms with Gasteiger partial charge in [0.05, 0.1) is 11.4 Å². The fourth-order valence-corrected chi connectivity index (χ4v) is 2.43. The van der Waals surface area contributed by atoms with Gasteiger partial charge in [0.25, 0.3) is 0 Å². The van der Waals surface area contributed by atoms with Crippen molar-refractivity contribution in [1.29, 1.82) is 0 Å². The zero-order valence-electron chi connectivity index (χ0n) is 13.6. The number of rotatable bonds is 3. The average molecular weight is 309 g/mol. The number of halogens is 1. The van der Waals surface area contributed by atoms with Gasteiger partial charge in [0, 0.05) is 12.6 Å². The lowest BCUT2D eigenvalue weighted by Gasteiger charge is -2.21. The van der Waals surface area contributed by atoms with Crippen LogP contribution in [0.25, 0.3) is 0 Å². The quantitative estimate of drug-likeness (QED) is 0.899. The summed E-state index contributed by atoms with van der Waals surface area (Å²) in [4.78, 5) is 14.1. The van der Waals surface area contributed by atoms with Gasteiger partial charge in [-0.2, -0.15) is 0 Å². The summed E-state index contributed by atoms with van der Waals surface area (Å²) in [6.45, 7) is 7.28. The highest BCUT2D eigenvalue weighted by molar-refractivity contribution is 5.89. The zero-order valence-corrected chi connectivity index (χ0v) is 13.6. The first-order chi connectivity index (χ1) is 10.2. The van der Waals surface area contributed by atoms with Crippen LogP contribution in [-0.2, 0) is 4.74 Å². The normalized spacial score (nSPS) is 19.0. The minimum Gasteiger partial charge on any atom is -0.444 e. The van der Waals surface area contributed by atoms with Crippen LogP contribution in [-0.4, -0.2) is 42.8 Å². The molecule has 122 valence electrons. The highest BCUT2D eigenvalue weighted by Gasteiger charge is 2.21. The lowest BCUT2D eigenvalue weighted by atomic mass is 10.2. The second-order valence-corrected chi connectivity index (χ2v) is 6.71. The van der Waals surface area contributed by atoms with Crippen molar-refractivity contribution in [2.45, 2.75) is 38.8 Å². The molecule has 1 heterocycles. The third kappa shape index (κ3) is 4.87. The standard InChI is InChI=1S/C16H24FN3O2/c1-16(2,3)22-15(21)19-13-6-5-11(17)9-14(13)18-12-7-8-20(4)10-12/h5-6,9,12,18H,7-8,10H2,1-4H3,(H,19,21). The van der Waals surface area contributed by atoms with Crippen molar-refractivity contribution in [1.82, 2.24) is 4.90 Å². The highest BCUT2D eigenvalue weighted by Crippen LogP contribution is 2.26. The Morgan fingerprint density at radius 1 is 1.36 bits per heavy atom. The monoisotopic (exact) mass is 309 g/mol. The minimum atomic E-state index is -0.578. The molecular formula is C16H24FN3O2. The van der Waals surface area contributed by atoms with Gasteiger partial charge < -0.3 is 15.0 Å². The van der Waals surface area contributed by atoms with E-state index in [4.69, 9.17) is 4.74 Å². The summed E-state index contributed by atoms with van der Waals surface area (Å²) < 4.78 is 18.7. The van der Waals surface area contributed by atoms with Crippen LogP contribution in [0.3, 0.4) is 0 Å². The number of likely N-dealkylation sites (tertiary alicyclic amines) is 1. The second-order valence-electron chi connectivity index (χ2n) is 6.71. The highest BCUT2D eigenvalue weighted by atomic mass is 19.1. The van der Waals surface area contributed by atoms with Crippen molar-refractivity contribution in [3.8, 4) is 0 Å². The van der Waals surface area contributed by atoms with Crippen molar-refractivity contribution >= 4 is 17.5 Å². The molecular weight excluding hydrogens is 285 g/mol. The Hall–Kier alpha value is -1.82. The topological polar surface area (TPSA) is 53.6 Å². The van der Waals surface area contributed by atoms with Crippen molar-refractivity contribution < 1.29 is 13.9 Å². The van der Waals surface area contributed by atoms with Crippen molar-refractivity contribution in [2.24, 2.45) is 0 Å². The number of ether oxygens (including phenoxy) is 1. The summed E-state index contributed by atoms with van der Waals surface area (Å²) >= 11 is 0. The van der Waals surface area contributed by atoms with Gasteiger partial charge in [-0.05, 0) is 59.0 Å². The van der Waals surface area contributed by atoms with E-state index in [0.717, 1.165) is 19.5 Å². The molecule has 1 fully saturated rings. The Labute approximate surface area is 130 Å². The molecule has 0 radical (unpaired) electrons. The van der Waals surface area contributed by atoms with Crippen LogP contribution in [0.2, 0.25) is 0 Å². The third-order valence-electron chi connectivity index (χ3n) is 3.37. The average Bonchev–Trinajstić information content (AvgIpc) is 2.76. The van der Waals surface area contributed by atoms with Crippen LogP contribution in [0.4, 0.5) is 20.6 Å². The van der Waals surface area contributed by atoms with Gasteiger partial charge in [0.2, 0.25) is 0 Å². The molecule has 22 heavy (non-hydrogen) atoms. The van der Waals surface area contributed by atoms with Crippen LogP contribution in [0.15, 0.2) is 18.2 Å². The number of carbonyl (C=O) groups excluding carboxylic acids is 1. The molecule has 1 aliphatic heterocycles. The lowest BCUT2D eigenvalue weighted by molar-refractivity contribution is 0.0636. The van der Waals surface area contributed by atoms with Gasteiger partial charge in [0.15, 0.2) is 0 Å². The van der Waals surface area contributed by atoms with Gasteiger partial charge in [-0.3, -0.25) is 5.32 Å². The Bertz CT molecular complexity index is 543. The molecule has 1 amide bonds. The number of likely N-dealkylation sites (N-methyl/N-ethyl adjacent to an activating group) is 1. The van der Waals surface area contributed by atoms with Gasteiger partial charge in [-0.25, -0.2) is 9.18 Å². The molecule has 5 nitrogen and oxygen atoms in total. The first-order valence-electron chi connectivity index (χ1n) is 7.47. The lowest BCUT2D eigenvalue weighted by Crippen LogP contribution is -2.28. The Balaban J connectivity index is 2.08. The molecule has 0 bridgehead atoms. The van der Waals surface area contributed by atoms with Crippen LogP contribution < -0.4 is 10.6 Å². The summed E-state index contributed by atoms with van der Waals surface area (Å²) in [6.07, 6.45) is 0.435. The van der Waals surface area contributed by atoms with E-state index in [-0.39, 0.29) is 11.9 Å². The number of carbonyl (C=O) groups is 1. The third-order valence-corrected chi connectivity index (χ3v) is 3.37. The number of benzene rings is 1. The molecule has 1 atom stereocenters. The van der Waals surface area contributed by atoms with E-state index >= 15 is 0 Å². The smallest absolute Gasteiger partial charge is 0.412 e. The maximum absolute atomic E-state index is 13.5. The van der Waals surface area contributed by atoms with Gasteiger partial charge in [0.1, 0.15) is 11.4 Å². The second kappa shape index (κ2) is 6.52. The number of nitrogens with one attached hydrogen (secondary N) is 2. The molecule has 2 rings (SSSR count). The van der Waals surface area contributed by atoms with E-state index in [1.54, 1.807) is 26.8 Å². The summed E-state index contributed by atoms with van der Waals surface area (Å²) in [5.74, 6) is -0.344. The summed E-state index contributed by atoms with van der Waals surface area (Å²) in [7, 11) is 2.05. The first-order valence-corrected chi connectivity index (χ1v) is 7.47. The SMILES string of the molecule is CN1CCC(Nc2cc(F)ccc2NC(=O)OC(C)(C)C)C1. The van der Waals surface area contributed by atoms with Gasteiger partial charge in [-0.1, -0.05) is 0 Å². The minimum absolute atomic E-state index is 0.242.